The zero-order valence-corrected chi connectivity index (χ0v) is 8.02. The Kier molecular flexibility index (Phi) is 2.81. The van der Waals surface area contributed by atoms with E-state index in [0.29, 0.717) is 6.61 Å². The SMILES string of the molecule is N#CC1CCOC(c2ccccc2)C1. The highest BCUT2D eigenvalue weighted by Gasteiger charge is 2.23. The lowest BCUT2D eigenvalue weighted by Gasteiger charge is -2.26. The zero-order chi connectivity index (χ0) is 9.80. The molecule has 1 aromatic carbocycles. The number of hydrogen-bond acceptors (Lipinski definition) is 2. The van der Waals surface area contributed by atoms with Crippen LogP contribution in [0, 0.1) is 17.2 Å². The molecule has 0 aliphatic carbocycles. The maximum atomic E-state index is 8.85. The van der Waals surface area contributed by atoms with Crippen LogP contribution in [0.15, 0.2) is 30.3 Å². The molecule has 2 heteroatoms. The molecule has 0 N–H and O–H groups in total. The molecular weight excluding hydrogens is 174 g/mol. The van der Waals surface area contributed by atoms with Gasteiger partial charge in [0.1, 0.15) is 0 Å². The van der Waals surface area contributed by atoms with Crippen LogP contribution in [0.2, 0.25) is 0 Å². The average molecular weight is 187 g/mol. The minimum absolute atomic E-state index is 0.120. The molecule has 14 heavy (non-hydrogen) atoms. The van der Waals surface area contributed by atoms with E-state index in [-0.39, 0.29) is 12.0 Å². The Bertz CT molecular complexity index is 328. The summed E-state index contributed by atoms with van der Waals surface area (Å²) in [5, 5.41) is 8.85. The molecule has 2 nitrogen and oxygen atoms in total. The Morgan fingerprint density at radius 2 is 2.07 bits per heavy atom. The van der Waals surface area contributed by atoms with Crippen molar-refractivity contribution in [3.63, 3.8) is 0 Å². The van der Waals surface area contributed by atoms with Gasteiger partial charge in [-0.05, 0) is 18.4 Å². The number of rotatable bonds is 1. The normalized spacial score (nSPS) is 26.8. The first kappa shape index (κ1) is 9.23. The van der Waals surface area contributed by atoms with Crippen LogP contribution >= 0.6 is 0 Å². The molecule has 0 aromatic heterocycles. The summed E-state index contributed by atoms with van der Waals surface area (Å²) in [5.74, 6) is 0.161. The minimum atomic E-state index is 0.120. The van der Waals surface area contributed by atoms with Crippen molar-refractivity contribution in [2.24, 2.45) is 5.92 Å². The van der Waals surface area contributed by atoms with Crippen LogP contribution < -0.4 is 0 Å². The van der Waals surface area contributed by atoms with Gasteiger partial charge in [0.05, 0.1) is 18.1 Å². The summed E-state index contributed by atoms with van der Waals surface area (Å²) in [5.41, 5.74) is 1.19. The fraction of sp³-hybridized carbons (Fsp3) is 0.417. The van der Waals surface area contributed by atoms with E-state index in [0.717, 1.165) is 12.8 Å². The van der Waals surface area contributed by atoms with Crippen molar-refractivity contribution in [3.05, 3.63) is 35.9 Å². The van der Waals surface area contributed by atoms with E-state index in [9.17, 15) is 0 Å². The Morgan fingerprint density at radius 1 is 1.29 bits per heavy atom. The van der Waals surface area contributed by atoms with E-state index in [1.54, 1.807) is 0 Å². The van der Waals surface area contributed by atoms with Crippen LogP contribution in [0.1, 0.15) is 24.5 Å². The molecule has 1 heterocycles. The molecule has 1 fully saturated rings. The van der Waals surface area contributed by atoms with Gasteiger partial charge < -0.3 is 4.74 Å². The molecule has 1 saturated heterocycles. The van der Waals surface area contributed by atoms with Crippen molar-refractivity contribution < 1.29 is 4.74 Å². The van der Waals surface area contributed by atoms with E-state index >= 15 is 0 Å². The molecule has 1 aliphatic heterocycles. The van der Waals surface area contributed by atoms with Crippen molar-refractivity contribution in [3.8, 4) is 6.07 Å². The molecule has 1 aromatic rings. The van der Waals surface area contributed by atoms with Gasteiger partial charge in [-0.15, -0.1) is 0 Å². The number of nitriles is 1. The fourth-order valence-electron chi connectivity index (χ4n) is 1.81. The van der Waals surface area contributed by atoms with Crippen LogP contribution in [0.25, 0.3) is 0 Å². The molecular formula is C12H13NO. The monoisotopic (exact) mass is 187 g/mol. The third-order valence-electron chi connectivity index (χ3n) is 2.64. The molecule has 2 rings (SSSR count). The van der Waals surface area contributed by atoms with Gasteiger partial charge in [0.15, 0.2) is 0 Å². The van der Waals surface area contributed by atoms with E-state index < -0.39 is 0 Å². The summed E-state index contributed by atoms with van der Waals surface area (Å²) in [6, 6.07) is 12.5. The van der Waals surface area contributed by atoms with Gasteiger partial charge in [-0.1, -0.05) is 30.3 Å². The smallest absolute Gasteiger partial charge is 0.0837 e. The lowest BCUT2D eigenvalue weighted by molar-refractivity contribution is 0.000711. The van der Waals surface area contributed by atoms with Gasteiger partial charge in [0.2, 0.25) is 0 Å². The van der Waals surface area contributed by atoms with Gasteiger partial charge in [-0.3, -0.25) is 0 Å². The van der Waals surface area contributed by atoms with Crippen LogP contribution in [-0.4, -0.2) is 6.61 Å². The predicted octanol–water partition coefficient (Wildman–Crippen LogP) is 2.68. The van der Waals surface area contributed by atoms with Gasteiger partial charge >= 0.3 is 0 Å². The highest BCUT2D eigenvalue weighted by Crippen LogP contribution is 2.30. The second-order valence-electron chi connectivity index (χ2n) is 3.62. The third-order valence-corrected chi connectivity index (χ3v) is 2.64. The van der Waals surface area contributed by atoms with Crippen molar-refractivity contribution in [2.45, 2.75) is 18.9 Å². The number of hydrogen-bond donors (Lipinski definition) is 0. The zero-order valence-electron chi connectivity index (χ0n) is 8.02. The molecule has 1 aliphatic rings. The van der Waals surface area contributed by atoms with Crippen molar-refractivity contribution >= 4 is 0 Å². The summed E-state index contributed by atoms with van der Waals surface area (Å²) < 4.78 is 5.64. The molecule has 0 saturated carbocycles. The van der Waals surface area contributed by atoms with Crippen molar-refractivity contribution in [2.75, 3.05) is 6.61 Å². The average Bonchev–Trinajstić information content (AvgIpc) is 2.30. The summed E-state index contributed by atoms with van der Waals surface area (Å²) in [6.07, 6.45) is 1.83. The topological polar surface area (TPSA) is 33.0 Å². The first-order valence-electron chi connectivity index (χ1n) is 4.96. The Hall–Kier alpha value is -1.33. The van der Waals surface area contributed by atoms with Crippen molar-refractivity contribution in [1.29, 1.82) is 5.26 Å². The Labute approximate surface area is 84.1 Å². The van der Waals surface area contributed by atoms with Crippen molar-refractivity contribution in [1.82, 2.24) is 0 Å². The highest BCUT2D eigenvalue weighted by atomic mass is 16.5. The van der Waals surface area contributed by atoms with E-state index in [4.69, 9.17) is 10.00 Å². The number of ether oxygens (including phenoxy) is 1. The largest absolute Gasteiger partial charge is 0.373 e. The van der Waals surface area contributed by atoms with Gasteiger partial charge in [-0.2, -0.15) is 5.26 Å². The van der Waals surface area contributed by atoms with Crippen LogP contribution in [0.3, 0.4) is 0 Å². The fourth-order valence-corrected chi connectivity index (χ4v) is 1.81. The van der Waals surface area contributed by atoms with Crippen LogP contribution in [0.5, 0.6) is 0 Å². The third kappa shape index (κ3) is 1.94. The van der Waals surface area contributed by atoms with Gasteiger partial charge in [0.25, 0.3) is 0 Å². The quantitative estimate of drug-likeness (QED) is 0.677. The predicted molar refractivity (Wildman–Crippen MR) is 53.5 cm³/mol. The molecule has 0 spiro atoms. The number of benzene rings is 1. The highest BCUT2D eigenvalue weighted by molar-refractivity contribution is 5.18. The molecule has 0 amide bonds. The number of nitrogens with zero attached hydrogens (tertiary/aromatic N) is 1. The standard InChI is InChI=1S/C12H13NO/c13-9-10-6-7-14-12(8-10)11-4-2-1-3-5-11/h1-5,10,12H,6-8H2. The van der Waals surface area contributed by atoms with Crippen LogP contribution in [0.4, 0.5) is 0 Å². The molecule has 72 valence electrons. The first-order valence-corrected chi connectivity index (χ1v) is 4.96. The summed E-state index contributed by atoms with van der Waals surface area (Å²) in [6.45, 7) is 0.706. The lowest BCUT2D eigenvalue weighted by Crippen LogP contribution is -2.18. The van der Waals surface area contributed by atoms with E-state index in [1.807, 2.05) is 18.2 Å². The second kappa shape index (κ2) is 4.26. The second-order valence-corrected chi connectivity index (χ2v) is 3.62. The first-order chi connectivity index (χ1) is 6.90. The summed E-state index contributed by atoms with van der Waals surface area (Å²) in [4.78, 5) is 0. The molecule has 2 unspecified atom stereocenters. The summed E-state index contributed by atoms with van der Waals surface area (Å²) in [7, 11) is 0. The van der Waals surface area contributed by atoms with Gasteiger partial charge in [-0.25, -0.2) is 0 Å². The Balaban J connectivity index is 2.09. The maximum absolute atomic E-state index is 8.85. The van der Waals surface area contributed by atoms with Crippen LogP contribution in [-0.2, 0) is 4.74 Å². The minimum Gasteiger partial charge on any atom is -0.373 e. The maximum Gasteiger partial charge on any atom is 0.0837 e. The molecule has 2 atom stereocenters. The Morgan fingerprint density at radius 3 is 2.79 bits per heavy atom. The lowest BCUT2D eigenvalue weighted by atomic mass is 9.93. The van der Waals surface area contributed by atoms with E-state index in [2.05, 4.69) is 18.2 Å². The van der Waals surface area contributed by atoms with Gasteiger partial charge in [0, 0.05) is 6.61 Å². The van der Waals surface area contributed by atoms with E-state index in [1.165, 1.54) is 5.56 Å². The summed E-state index contributed by atoms with van der Waals surface area (Å²) >= 11 is 0. The molecule has 0 radical (unpaired) electrons. The molecule has 0 bridgehead atoms.